The second-order valence-corrected chi connectivity index (χ2v) is 6.38. The van der Waals surface area contributed by atoms with E-state index in [4.69, 9.17) is 0 Å². The summed E-state index contributed by atoms with van der Waals surface area (Å²) in [6.45, 7) is 2.71. The first-order valence-electron chi connectivity index (χ1n) is 6.02. The second kappa shape index (κ2) is 4.82. The molecule has 1 amide bonds. The van der Waals surface area contributed by atoms with Crippen molar-refractivity contribution in [1.29, 1.82) is 0 Å². The predicted octanol–water partition coefficient (Wildman–Crippen LogP) is 3.32. The van der Waals surface area contributed by atoms with Crippen molar-refractivity contribution in [3.8, 4) is 10.6 Å². The third-order valence-corrected chi connectivity index (χ3v) is 4.91. The Bertz CT molecular complexity index is 556. The van der Waals surface area contributed by atoms with Crippen molar-refractivity contribution in [2.24, 2.45) is 5.92 Å². The number of hydrogen-bond acceptors (Lipinski definition) is 4. The lowest BCUT2D eigenvalue weighted by atomic mass is 10.3. The first-order chi connectivity index (χ1) is 8.74. The molecule has 0 aromatic carbocycles. The number of amides is 1. The molecule has 2 aromatic rings. The molecule has 1 saturated carbocycles. The van der Waals surface area contributed by atoms with Crippen molar-refractivity contribution < 1.29 is 4.79 Å². The van der Waals surface area contributed by atoms with Gasteiger partial charge in [-0.15, -0.1) is 11.3 Å². The monoisotopic (exact) mass is 278 g/mol. The molecule has 1 aliphatic carbocycles. The zero-order valence-corrected chi connectivity index (χ0v) is 11.7. The van der Waals surface area contributed by atoms with E-state index < -0.39 is 0 Å². The van der Waals surface area contributed by atoms with Gasteiger partial charge in [-0.05, 0) is 37.1 Å². The number of nitrogens with one attached hydrogen (secondary N) is 1. The summed E-state index contributed by atoms with van der Waals surface area (Å²) in [6.07, 6.45) is 2.50. The lowest BCUT2D eigenvalue weighted by molar-refractivity contribution is 0.0955. The zero-order valence-electron chi connectivity index (χ0n) is 10.1. The lowest BCUT2D eigenvalue weighted by Crippen LogP contribution is -2.25. The summed E-state index contributed by atoms with van der Waals surface area (Å²) < 4.78 is 0. The molecule has 0 radical (unpaired) electrons. The molecule has 3 nitrogen and oxygen atoms in total. The van der Waals surface area contributed by atoms with E-state index in [9.17, 15) is 4.79 Å². The first kappa shape index (κ1) is 11.9. The Hall–Kier alpha value is -1.20. The molecule has 1 N–H and O–H groups in total. The fraction of sp³-hybridized carbons (Fsp3) is 0.385. The Morgan fingerprint density at radius 3 is 3.06 bits per heavy atom. The Morgan fingerprint density at radius 1 is 1.56 bits per heavy atom. The Morgan fingerprint density at radius 2 is 2.39 bits per heavy atom. The van der Waals surface area contributed by atoms with E-state index in [-0.39, 0.29) is 5.91 Å². The van der Waals surface area contributed by atoms with Gasteiger partial charge in [-0.25, -0.2) is 4.98 Å². The highest BCUT2D eigenvalue weighted by molar-refractivity contribution is 7.17. The number of aryl methyl sites for hydroxylation is 1. The quantitative estimate of drug-likeness (QED) is 0.932. The van der Waals surface area contributed by atoms with Gasteiger partial charge in [-0.3, -0.25) is 4.79 Å². The molecule has 1 fully saturated rings. The topological polar surface area (TPSA) is 42.0 Å². The van der Waals surface area contributed by atoms with E-state index >= 15 is 0 Å². The van der Waals surface area contributed by atoms with Crippen LogP contribution >= 0.6 is 22.7 Å². The number of rotatable bonds is 4. The molecule has 2 aromatic heterocycles. The van der Waals surface area contributed by atoms with Crippen LogP contribution in [0.1, 0.15) is 28.2 Å². The van der Waals surface area contributed by atoms with E-state index in [1.165, 1.54) is 24.2 Å². The maximum absolute atomic E-state index is 12.0. The number of nitrogens with zero attached hydrogens (tertiary/aromatic N) is 1. The molecule has 18 heavy (non-hydrogen) atoms. The number of carbonyl (C=O) groups excluding carboxylic acids is 1. The third-order valence-electron chi connectivity index (χ3n) is 3.02. The van der Waals surface area contributed by atoms with Crippen molar-refractivity contribution in [1.82, 2.24) is 10.3 Å². The van der Waals surface area contributed by atoms with Crippen LogP contribution in [0, 0.1) is 12.8 Å². The summed E-state index contributed by atoms with van der Waals surface area (Å²) in [7, 11) is 0. The van der Waals surface area contributed by atoms with Crippen LogP contribution in [0.25, 0.3) is 10.6 Å². The van der Waals surface area contributed by atoms with Crippen LogP contribution in [0.4, 0.5) is 0 Å². The standard InChI is InChI=1S/C13H14N2OS2/c1-8-11(12(16)14-6-9-2-3-9)18-13(15-8)10-4-5-17-7-10/h4-5,7,9H,2-3,6H2,1H3,(H,14,16). The molecule has 3 rings (SSSR count). The maximum Gasteiger partial charge on any atom is 0.263 e. The second-order valence-electron chi connectivity index (χ2n) is 4.60. The van der Waals surface area contributed by atoms with Gasteiger partial charge in [0.15, 0.2) is 0 Å². The minimum absolute atomic E-state index is 0.0263. The van der Waals surface area contributed by atoms with Crippen LogP contribution in [0.5, 0.6) is 0 Å². The van der Waals surface area contributed by atoms with E-state index in [1.807, 2.05) is 18.4 Å². The molecule has 0 spiro atoms. The van der Waals surface area contributed by atoms with E-state index in [0.29, 0.717) is 5.92 Å². The van der Waals surface area contributed by atoms with Gasteiger partial charge in [-0.2, -0.15) is 11.3 Å². The van der Waals surface area contributed by atoms with E-state index in [1.54, 1.807) is 11.3 Å². The van der Waals surface area contributed by atoms with Crippen molar-refractivity contribution in [2.75, 3.05) is 6.54 Å². The van der Waals surface area contributed by atoms with Gasteiger partial charge in [-0.1, -0.05) is 0 Å². The van der Waals surface area contributed by atoms with Gasteiger partial charge < -0.3 is 5.32 Å². The van der Waals surface area contributed by atoms with Gasteiger partial charge in [0.25, 0.3) is 5.91 Å². The van der Waals surface area contributed by atoms with Gasteiger partial charge in [0.1, 0.15) is 9.88 Å². The average molecular weight is 278 g/mol. The SMILES string of the molecule is Cc1nc(-c2ccsc2)sc1C(=O)NCC1CC1. The van der Waals surface area contributed by atoms with E-state index in [2.05, 4.69) is 15.7 Å². The fourth-order valence-electron chi connectivity index (χ4n) is 1.76. The summed E-state index contributed by atoms with van der Waals surface area (Å²) in [4.78, 5) is 17.3. The molecule has 5 heteroatoms. The minimum atomic E-state index is 0.0263. The van der Waals surface area contributed by atoms with Crippen LogP contribution in [0.15, 0.2) is 16.8 Å². The smallest absolute Gasteiger partial charge is 0.263 e. The Labute approximate surface area is 114 Å². The van der Waals surface area contributed by atoms with Gasteiger partial charge in [0.2, 0.25) is 0 Å². The summed E-state index contributed by atoms with van der Waals surface area (Å²) in [5.74, 6) is 0.733. The molecule has 2 heterocycles. The van der Waals surface area contributed by atoms with Crippen LogP contribution in [0.2, 0.25) is 0 Å². The number of hydrogen-bond donors (Lipinski definition) is 1. The highest BCUT2D eigenvalue weighted by Crippen LogP contribution is 2.30. The maximum atomic E-state index is 12.0. The average Bonchev–Trinajstić information content (AvgIpc) is 2.88. The van der Waals surface area contributed by atoms with Crippen LogP contribution in [0.3, 0.4) is 0 Å². The molecule has 94 valence electrons. The summed E-state index contributed by atoms with van der Waals surface area (Å²) >= 11 is 3.13. The fourth-order valence-corrected chi connectivity index (χ4v) is 3.45. The highest BCUT2D eigenvalue weighted by atomic mass is 32.1. The molecule has 0 bridgehead atoms. The van der Waals surface area contributed by atoms with Crippen LogP contribution in [-0.4, -0.2) is 17.4 Å². The molecule has 0 atom stereocenters. The summed E-state index contributed by atoms with van der Waals surface area (Å²) in [5, 5.41) is 8.02. The molecule has 1 aliphatic rings. The largest absolute Gasteiger partial charge is 0.351 e. The highest BCUT2D eigenvalue weighted by Gasteiger charge is 2.23. The van der Waals surface area contributed by atoms with E-state index in [0.717, 1.165) is 27.7 Å². The van der Waals surface area contributed by atoms with Crippen molar-refractivity contribution >= 4 is 28.6 Å². The Kier molecular flexibility index (Phi) is 3.18. The van der Waals surface area contributed by atoms with Crippen molar-refractivity contribution in [3.63, 3.8) is 0 Å². The zero-order chi connectivity index (χ0) is 12.5. The van der Waals surface area contributed by atoms with Gasteiger partial charge in [0, 0.05) is 17.5 Å². The Balaban J connectivity index is 1.77. The normalized spacial score (nSPS) is 14.7. The van der Waals surface area contributed by atoms with Gasteiger partial charge >= 0.3 is 0 Å². The van der Waals surface area contributed by atoms with Crippen LogP contribution in [-0.2, 0) is 0 Å². The molecular formula is C13H14N2OS2. The summed E-state index contributed by atoms with van der Waals surface area (Å²) in [5.41, 5.74) is 1.93. The lowest BCUT2D eigenvalue weighted by Gasteiger charge is -2.01. The molecular weight excluding hydrogens is 264 g/mol. The number of thiophene rings is 1. The van der Waals surface area contributed by atoms with Crippen molar-refractivity contribution in [3.05, 3.63) is 27.4 Å². The number of thiazole rings is 1. The summed E-state index contributed by atoms with van der Waals surface area (Å²) in [6, 6.07) is 2.04. The van der Waals surface area contributed by atoms with Crippen LogP contribution < -0.4 is 5.32 Å². The molecule has 0 unspecified atom stereocenters. The molecule has 0 saturated heterocycles. The first-order valence-corrected chi connectivity index (χ1v) is 7.78. The minimum Gasteiger partial charge on any atom is -0.351 e. The number of aromatic nitrogens is 1. The predicted molar refractivity (Wildman–Crippen MR) is 75.2 cm³/mol. The number of carbonyl (C=O) groups is 1. The third kappa shape index (κ3) is 2.47. The van der Waals surface area contributed by atoms with Crippen molar-refractivity contribution in [2.45, 2.75) is 19.8 Å². The van der Waals surface area contributed by atoms with Gasteiger partial charge in [0.05, 0.1) is 5.69 Å². The molecule has 0 aliphatic heterocycles.